The topological polar surface area (TPSA) is 76.1 Å². The molecule has 1 unspecified atom stereocenters. The van der Waals surface area contributed by atoms with Crippen LogP contribution in [0.2, 0.25) is 0 Å². The molecule has 1 aromatic rings. The summed E-state index contributed by atoms with van der Waals surface area (Å²) in [5.74, 6) is 0.569. The molecular weight excluding hydrogens is 280 g/mol. The minimum atomic E-state index is -0.479. The summed E-state index contributed by atoms with van der Waals surface area (Å²) < 4.78 is 5.30. The van der Waals surface area contributed by atoms with Gasteiger partial charge < -0.3 is 15.4 Å². The summed E-state index contributed by atoms with van der Waals surface area (Å²) in [6, 6.07) is 0. The van der Waals surface area contributed by atoms with E-state index in [2.05, 4.69) is 27.5 Å². The van der Waals surface area contributed by atoms with Crippen molar-refractivity contribution < 1.29 is 9.53 Å². The van der Waals surface area contributed by atoms with Crippen molar-refractivity contribution in [2.45, 2.75) is 58.2 Å². The van der Waals surface area contributed by atoms with E-state index in [0.29, 0.717) is 19.0 Å². The zero-order valence-electron chi connectivity index (χ0n) is 13.8. The summed E-state index contributed by atoms with van der Waals surface area (Å²) >= 11 is 0. The van der Waals surface area contributed by atoms with E-state index in [9.17, 15) is 4.79 Å². The van der Waals surface area contributed by atoms with Crippen LogP contribution in [0.5, 0.6) is 0 Å². The highest BCUT2D eigenvalue weighted by molar-refractivity contribution is 5.67. The van der Waals surface area contributed by atoms with Gasteiger partial charge in [0.15, 0.2) is 0 Å². The first-order valence-corrected chi connectivity index (χ1v) is 7.75. The fourth-order valence-electron chi connectivity index (χ4n) is 2.36. The van der Waals surface area contributed by atoms with Crippen LogP contribution in [-0.4, -0.2) is 33.7 Å². The third kappa shape index (κ3) is 5.26. The molecule has 0 radical (unpaired) electrons. The minimum absolute atomic E-state index is 0.158. The molecule has 22 heavy (non-hydrogen) atoms. The van der Waals surface area contributed by atoms with Crippen molar-refractivity contribution in [1.82, 2.24) is 20.6 Å². The molecule has 0 aromatic carbocycles. The van der Waals surface area contributed by atoms with E-state index in [1.807, 2.05) is 20.8 Å². The Morgan fingerprint density at radius 1 is 1.32 bits per heavy atom. The van der Waals surface area contributed by atoms with Crippen LogP contribution in [0.25, 0.3) is 0 Å². The molecule has 1 fully saturated rings. The maximum Gasteiger partial charge on any atom is 0.407 e. The maximum absolute atomic E-state index is 11.8. The number of carbonyl (C=O) groups excluding carboxylic acids is 1. The summed E-state index contributed by atoms with van der Waals surface area (Å²) in [6.45, 7) is 8.89. The first-order valence-electron chi connectivity index (χ1n) is 7.75. The van der Waals surface area contributed by atoms with Gasteiger partial charge in [-0.2, -0.15) is 0 Å². The van der Waals surface area contributed by atoms with E-state index in [1.54, 1.807) is 18.6 Å². The molecule has 1 saturated carbocycles. The second kappa shape index (κ2) is 6.60. The van der Waals surface area contributed by atoms with Gasteiger partial charge in [0.1, 0.15) is 5.60 Å². The van der Waals surface area contributed by atoms with Crippen molar-refractivity contribution in [2.75, 3.05) is 6.54 Å². The lowest BCUT2D eigenvalue weighted by atomic mass is 9.95. The number of hydrogen-bond acceptors (Lipinski definition) is 5. The molecule has 0 spiro atoms. The number of rotatable bonds is 6. The number of ether oxygens (including phenoxy) is 1. The molecule has 1 aliphatic rings. The second-order valence-electron chi connectivity index (χ2n) is 7.10. The Labute approximate surface area is 132 Å². The number of nitrogens with zero attached hydrogens (tertiary/aromatic N) is 2. The highest BCUT2D eigenvalue weighted by atomic mass is 16.6. The lowest BCUT2D eigenvalue weighted by molar-refractivity contribution is 0.0507. The Bertz CT molecular complexity index is 497. The molecule has 1 aromatic heterocycles. The van der Waals surface area contributed by atoms with E-state index < -0.39 is 5.60 Å². The summed E-state index contributed by atoms with van der Waals surface area (Å²) in [7, 11) is 0. The Balaban J connectivity index is 1.87. The summed E-state index contributed by atoms with van der Waals surface area (Å²) in [4.78, 5) is 20.2. The fraction of sp³-hybridized carbons (Fsp3) is 0.688. The third-order valence-electron chi connectivity index (χ3n) is 3.77. The van der Waals surface area contributed by atoms with Crippen molar-refractivity contribution in [3.63, 3.8) is 0 Å². The summed E-state index contributed by atoms with van der Waals surface area (Å²) in [5, 5.41) is 6.40. The monoisotopic (exact) mass is 306 g/mol. The third-order valence-corrected chi connectivity index (χ3v) is 3.77. The van der Waals surface area contributed by atoms with Gasteiger partial charge >= 0.3 is 6.09 Å². The molecule has 122 valence electrons. The van der Waals surface area contributed by atoms with Crippen molar-refractivity contribution >= 4 is 6.09 Å². The molecule has 2 rings (SSSR count). The number of carbonyl (C=O) groups is 1. The molecule has 0 aliphatic heterocycles. The Hall–Kier alpha value is -1.69. The lowest BCUT2D eigenvalue weighted by Gasteiger charge is -2.32. The average Bonchev–Trinajstić information content (AvgIpc) is 3.27. The SMILES string of the molecule is CC(C)(C)OC(=O)NCC(C)(NCc1cnccn1)C1CC1. The highest BCUT2D eigenvalue weighted by Crippen LogP contribution is 2.39. The number of nitrogens with one attached hydrogen (secondary N) is 2. The van der Waals surface area contributed by atoms with Crippen LogP contribution in [0.4, 0.5) is 4.79 Å². The zero-order valence-corrected chi connectivity index (χ0v) is 13.8. The maximum atomic E-state index is 11.8. The van der Waals surface area contributed by atoms with Gasteiger partial charge in [0.05, 0.1) is 5.69 Å². The minimum Gasteiger partial charge on any atom is -0.444 e. The lowest BCUT2D eigenvalue weighted by Crippen LogP contribution is -2.53. The number of amides is 1. The van der Waals surface area contributed by atoms with E-state index in [-0.39, 0.29) is 11.6 Å². The van der Waals surface area contributed by atoms with Crippen LogP contribution >= 0.6 is 0 Å². The van der Waals surface area contributed by atoms with E-state index >= 15 is 0 Å². The highest BCUT2D eigenvalue weighted by Gasteiger charge is 2.41. The van der Waals surface area contributed by atoms with Crippen molar-refractivity contribution in [2.24, 2.45) is 5.92 Å². The molecule has 0 bridgehead atoms. The van der Waals surface area contributed by atoms with Crippen LogP contribution in [-0.2, 0) is 11.3 Å². The second-order valence-corrected chi connectivity index (χ2v) is 7.10. The smallest absolute Gasteiger partial charge is 0.407 e. The van der Waals surface area contributed by atoms with Gasteiger partial charge in [-0.3, -0.25) is 9.97 Å². The van der Waals surface area contributed by atoms with Gasteiger partial charge in [-0.15, -0.1) is 0 Å². The Kier molecular flexibility index (Phi) is 5.01. The van der Waals surface area contributed by atoms with Crippen LogP contribution in [0, 0.1) is 5.92 Å². The first kappa shape index (κ1) is 16.7. The predicted octanol–water partition coefficient (Wildman–Crippen LogP) is 2.26. The number of aromatic nitrogens is 2. The Morgan fingerprint density at radius 2 is 2.05 bits per heavy atom. The van der Waals surface area contributed by atoms with Crippen LogP contribution in [0.15, 0.2) is 18.6 Å². The van der Waals surface area contributed by atoms with Gasteiger partial charge in [-0.1, -0.05) is 0 Å². The normalized spacial score (nSPS) is 17.6. The summed E-state index contributed by atoms with van der Waals surface area (Å²) in [5.41, 5.74) is 0.258. The Morgan fingerprint density at radius 3 is 2.59 bits per heavy atom. The number of alkyl carbamates (subject to hydrolysis) is 1. The summed E-state index contributed by atoms with van der Waals surface area (Å²) in [6.07, 6.45) is 7.08. The molecule has 1 amide bonds. The quantitative estimate of drug-likeness (QED) is 0.843. The molecule has 1 aliphatic carbocycles. The molecule has 1 atom stereocenters. The van der Waals surface area contributed by atoms with Gasteiger partial charge in [0.25, 0.3) is 0 Å². The molecule has 6 nitrogen and oxygen atoms in total. The number of hydrogen-bond donors (Lipinski definition) is 2. The van der Waals surface area contributed by atoms with Gasteiger partial charge in [0, 0.05) is 37.2 Å². The van der Waals surface area contributed by atoms with Crippen molar-refractivity contribution in [3.05, 3.63) is 24.3 Å². The molecule has 1 heterocycles. The molecule has 6 heteroatoms. The van der Waals surface area contributed by atoms with E-state index in [0.717, 1.165) is 5.69 Å². The average molecular weight is 306 g/mol. The van der Waals surface area contributed by atoms with E-state index in [4.69, 9.17) is 4.74 Å². The van der Waals surface area contributed by atoms with Crippen molar-refractivity contribution in [3.8, 4) is 0 Å². The first-order chi connectivity index (χ1) is 10.3. The largest absolute Gasteiger partial charge is 0.444 e. The molecule has 2 N–H and O–H groups in total. The van der Waals surface area contributed by atoms with Crippen molar-refractivity contribution in [1.29, 1.82) is 0 Å². The fourth-order valence-corrected chi connectivity index (χ4v) is 2.36. The van der Waals surface area contributed by atoms with Crippen LogP contribution < -0.4 is 10.6 Å². The van der Waals surface area contributed by atoms with Gasteiger partial charge in [0.2, 0.25) is 0 Å². The van der Waals surface area contributed by atoms with E-state index in [1.165, 1.54) is 12.8 Å². The molecular formula is C16H26N4O2. The molecule has 0 saturated heterocycles. The van der Waals surface area contributed by atoms with Gasteiger partial charge in [-0.25, -0.2) is 4.79 Å². The zero-order chi connectivity index (χ0) is 16.2. The van der Waals surface area contributed by atoms with Crippen LogP contribution in [0.1, 0.15) is 46.2 Å². The standard InChI is InChI=1S/C16H26N4O2/c1-15(2,3)22-14(21)19-11-16(4,12-5-6-12)20-10-13-9-17-7-8-18-13/h7-9,12,20H,5-6,10-11H2,1-4H3,(H,19,21). The predicted molar refractivity (Wildman–Crippen MR) is 84.2 cm³/mol. The van der Waals surface area contributed by atoms with Gasteiger partial charge in [-0.05, 0) is 46.5 Å². The van der Waals surface area contributed by atoms with Crippen LogP contribution in [0.3, 0.4) is 0 Å².